The molecule has 0 aliphatic heterocycles. The van der Waals surface area contributed by atoms with Gasteiger partial charge in [0.2, 0.25) is 5.91 Å². The molecule has 5 nitrogen and oxygen atoms in total. The molecule has 0 atom stereocenters. The molecule has 5 heteroatoms. The molecule has 0 saturated carbocycles. The number of carbonyl (C=O) groups excluding carboxylic acids is 1. The highest BCUT2D eigenvalue weighted by molar-refractivity contribution is 5.83. The van der Waals surface area contributed by atoms with Crippen molar-refractivity contribution in [2.45, 2.75) is 33.1 Å². The molecule has 20 heavy (non-hydrogen) atoms. The topological polar surface area (TPSA) is 59.9 Å². The van der Waals surface area contributed by atoms with Gasteiger partial charge >= 0.3 is 0 Å². The number of amides is 1. The summed E-state index contributed by atoms with van der Waals surface area (Å²) in [5.41, 5.74) is 3.34. The second-order valence-corrected chi connectivity index (χ2v) is 4.24. The minimum Gasteiger partial charge on any atom is -0.493 e. The fourth-order valence-corrected chi connectivity index (χ4v) is 1.61. The van der Waals surface area contributed by atoms with Crippen molar-refractivity contribution in [3.05, 3.63) is 23.8 Å². The predicted octanol–water partition coefficient (Wildman–Crippen LogP) is 2.73. The number of nitrogens with zero attached hydrogens (tertiary/aromatic N) is 1. The molecule has 110 valence electrons. The molecule has 1 rings (SSSR count). The molecule has 0 unspecified atom stereocenters. The summed E-state index contributed by atoms with van der Waals surface area (Å²) in [4.78, 5) is 11.4. The van der Waals surface area contributed by atoms with E-state index in [1.54, 1.807) is 13.3 Å². The lowest BCUT2D eigenvalue weighted by Gasteiger charge is -2.09. The van der Waals surface area contributed by atoms with Crippen molar-refractivity contribution >= 4 is 12.1 Å². The molecule has 1 N–H and O–H groups in total. The average molecular weight is 278 g/mol. The summed E-state index contributed by atoms with van der Waals surface area (Å²) >= 11 is 0. The normalized spacial score (nSPS) is 10.6. The Hall–Kier alpha value is -2.04. The first-order valence-electron chi connectivity index (χ1n) is 6.84. The monoisotopic (exact) mass is 278 g/mol. The van der Waals surface area contributed by atoms with Gasteiger partial charge in [0, 0.05) is 6.42 Å². The zero-order valence-corrected chi connectivity index (χ0v) is 12.3. The van der Waals surface area contributed by atoms with Gasteiger partial charge in [0.1, 0.15) is 0 Å². The van der Waals surface area contributed by atoms with Crippen molar-refractivity contribution in [1.82, 2.24) is 5.43 Å². The van der Waals surface area contributed by atoms with E-state index in [1.165, 1.54) is 0 Å². The lowest BCUT2D eigenvalue weighted by molar-refractivity contribution is -0.121. The van der Waals surface area contributed by atoms with Gasteiger partial charge in [-0.1, -0.05) is 13.3 Å². The van der Waals surface area contributed by atoms with Gasteiger partial charge in [0.15, 0.2) is 11.5 Å². The summed E-state index contributed by atoms with van der Waals surface area (Å²) in [6.07, 6.45) is 3.95. The molecule has 0 spiro atoms. The Morgan fingerprint density at radius 3 is 2.80 bits per heavy atom. The van der Waals surface area contributed by atoms with Gasteiger partial charge in [-0.2, -0.15) is 5.10 Å². The first-order valence-corrected chi connectivity index (χ1v) is 6.84. The summed E-state index contributed by atoms with van der Waals surface area (Å²) in [6.45, 7) is 4.54. The van der Waals surface area contributed by atoms with Crippen molar-refractivity contribution in [2.75, 3.05) is 13.7 Å². The van der Waals surface area contributed by atoms with Crippen molar-refractivity contribution < 1.29 is 14.3 Å². The minimum absolute atomic E-state index is 0.0685. The van der Waals surface area contributed by atoms with Gasteiger partial charge in [-0.25, -0.2) is 5.43 Å². The van der Waals surface area contributed by atoms with Crippen LogP contribution in [0.5, 0.6) is 11.5 Å². The number of ether oxygens (including phenoxy) is 2. The average Bonchev–Trinajstić information content (AvgIpc) is 2.46. The summed E-state index contributed by atoms with van der Waals surface area (Å²) in [6, 6.07) is 5.49. The maximum atomic E-state index is 11.4. The molecule has 0 bridgehead atoms. The van der Waals surface area contributed by atoms with Crippen LogP contribution in [0.3, 0.4) is 0 Å². The van der Waals surface area contributed by atoms with Crippen LogP contribution in [0.1, 0.15) is 38.7 Å². The fraction of sp³-hybridized carbons (Fsp3) is 0.467. The van der Waals surface area contributed by atoms with E-state index >= 15 is 0 Å². The van der Waals surface area contributed by atoms with Crippen LogP contribution in [-0.2, 0) is 4.79 Å². The molecule has 0 fully saturated rings. The summed E-state index contributed by atoms with van der Waals surface area (Å²) in [7, 11) is 1.59. The van der Waals surface area contributed by atoms with Crippen LogP contribution in [0.2, 0.25) is 0 Å². The molecule has 0 aliphatic carbocycles. The van der Waals surface area contributed by atoms with Gasteiger partial charge < -0.3 is 9.47 Å². The van der Waals surface area contributed by atoms with Crippen LogP contribution in [0.15, 0.2) is 23.3 Å². The number of hydrogen-bond acceptors (Lipinski definition) is 4. The van der Waals surface area contributed by atoms with Gasteiger partial charge in [-0.15, -0.1) is 0 Å². The number of unbranched alkanes of at least 4 members (excludes halogenated alkanes) is 1. The number of hydrazone groups is 1. The maximum absolute atomic E-state index is 11.4. The smallest absolute Gasteiger partial charge is 0.240 e. The van der Waals surface area contributed by atoms with E-state index in [4.69, 9.17) is 9.47 Å². The minimum atomic E-state index is -0.0685. The zero-order chi connectivity index (χ0) is 14.8. The number of hydrogen-bond donors (Lipinski definition) is 1. The van der Waals surface area contributed by atoms with E-state index in [0.717, 1.165) is 18.4 Å². The molecule has 0 heterocycles. The van der Waals surface area contributed by atoms with Gasteiger partial charge in [-0.05, 0) is 37.1 Å². The Balaban J connectivity index is 2.61. The molecule has 0 saturated heterocycles. The molecule has 0 aliphatic rings. The Morgan fingerprint density at radius 2 is 2.15 bits per heavy atom. The third kappa shape index (κ3) is 5.30. The molecule has 0 aromatic heterocycles. The van der Waals surface area contributed by atoms with E-state index in [9.17, 15) is 4.79 Å². The lowest BCUT2D eigenvalue weighted by atomic mass is 10.2. The molecular formula is C15H22N2O3. The Morgan fingerprint density at radius 1 is 1.35 bits per heavy atom. The highest BCUT2D eigenvalue weighted by atomic mass is 16.5. The van der Waals surface area contributed by atoms with Gasteiger partial charge in [-0.3, -0.25) is 4.79 Å². The lowest BCUT2D eigenvalue weighted by Crippen LogP contribution is -2.16. The Labute approximate surface area is 120 Å². The number of rotatable bonds is 8. The molecule has 0 radical (unpaired) electrons. The summed E-state index contributed by atoms with van der Waals surface area (Å²) in [5, 5.41) is 3.92. The van der Waals surface area contributed by atoms with Crippen molar-refractivity contribution in [3.63, 3.8) is 0 Å². The van der Waals surface area contributed by atoms with Crippen molar-refractivity contribution in [2.24, 2.45) is 5.10 Å². The third-order valence-corrected chi connectivity index (χ3v) is 2.65. The maximum Gasteiger partial charge on any atom is 0.240 e. The summed E-state index contributed by atoms with van der Waals surface area (Å²) in [5.74, 6) is 1.27. The van der Waals surface area contributed by atoms with Crippen LogP contribution in [0, 0.1) is 0 Å². The summed E-state index contributed by atoms with van der Waals surface area (Å²) < 4.78 is 10.7. The number of benzene rings is 1. The van der Waals surface area contributed by atoms with Crippen LogP contribution < -0.4 is 14.9 Å². The van der Waals surface area contributed by atoms with Crippen LogP contribution >= 0.6 is 0 Å². The first kappa shape index (κ1) is 16.0. The van der Waals surface area contributed by atoms with Crippen LogP contribution in [0.4, 0.5) is 0 Å². The Bertz CT molecular complexity index is 458. The van der Waals surface area contributed by atoms with E-state index in [2.05, 4.69) is 10.5 Å². The molecule has 1 aromatic rings. The second-order valence-electron chi connectivity index (χ2n) is 4.24. The van der Waals surface area contributed by atoms with Gasteiger partial charge in [0.05, 0.1) is 19.9 Å². The SMILES string of the molecule is CCCCC(=O)NN=Cc1ccc(OCC)c(OC)c1. The quantitative estimate of drug-likeness (QED) is 0.587. The van der Waals surface area contributed by atoms with Crippen molar-refractivity contribution in [3.8, 4) is 11.5 Å². The van der Waals surface area contributed by atoms with Gasteiger partial charge in [0.25, 0.3) is 0 Å². The van der Waals surface area contributed by atoms with E-state index in [1.807, 2.05) is 32.0 Å². The number of carbonyl (C=O) groups is 1. The highest BCUT2D eigenvalue weighted by Gasteiger charge is 2.04. The fourth-order valence-electron chi connectivity index (χ4n) is 1.61. The van der Waals surface area contributed by atoms with Crippen molar-refractivity contribution in [1.29, 1.82) is 0 Å². The predicted molar refractivity (Wildman–Crippen MR) is 79.4 cm³/mol. The largest absolute Gasteiger partial charge is 0.493 e. The standard InChI is InChI=1S/C15H22N2O3/c1-4-6-7-15(18)17-16-11-12-8-9-13(20-5-2)14(10-12)19-3/h8-11H,4-7H2,1-3H3,(H,17,18). The molecular weight excluding hydrogens is 256 g/mol. The van der Waals surface area contributed by atoms with E-state index in [0.29, 0.717) is 24.5 Å². The third-order valence-electron chi connectivity index (χ3n) is 2.65. The highest BCUT2D eigenvalue weighted by Crippen LogP contribution is 2.27. The molecule has 1 aromatic carbocycles. The Kier molecular flexibility index (Phi) is 7.17. The zero-order valence-electron chi connectivity index (χ0n) is 12.3. The van der Waals surface area contributed by atoms with E-state index < -0.39 is 0 Å². The first-order chi connectivity index (χ1) is 9.71. The van der Waals surface area contributed by atoms with Crippen LogP contribution in [0.25, 0.3) is 0 Å². The second kappa shape index (κ2) is 8.96. The number of nitrogens with one attached hydrogen (secondary N) is 1. The number of methoxy groups -OCH3 is 1. The molecule has 1 amide bonds. The van der Waals surface area contributed by atoms with Crippen LogP contribution in [-0.4, -0.2) is 25.8 Å². The van der Waals surface area contributed by atoms with E-state index in [-0.39, 0.29) is 5.91 Å².